The Labute approximate surface area is 83.3 Å². The van der Waals surface area contributed by atoms with Crippen molar-refractivity contribution in [2.75, 3.05) is 0 Å². The van der Waals surface area contributed by atoms with Gasteiger partial charge in [-0.25, -0.2) is 0 Å². The summed E-state index contributed by atoms with van der Waals surface area (Å²) in [5, 5.41) is 3.71. The molecule has 0 spiro atoms. The van der Waals surface area contributed by atoms with Crippen molar-refractivity contribution in [3.8, 4) is 0 Å². The number of hydrogen-bond acceptors (Lipinski definition) is 1. The van der Waals surface area contributed by atoms with E-state index < -0.39 is 0 Å². The van der Waals surface area contributed by atoms with E-state index in [1.165, 1.54) is 25.7 Å². The molecule has 0 radical (unpaired) electrons. The number of rotatable bonds is 5. The third-order valence-corrected chi connectivity index (χ3v) is 3.23. The first-order valence-electron chi connectivity index (χ1n) is 5.85. The fraction of sp³-hybridized carbons (Fsp3) is 1.00. The van der Waals surface area contributed by atoms with Gasteiger partial charge in [-0.2, -0.15) is 0 Å². The first kappa shape index (κ1) is 11.0. The van der Waals surface area contributed by atoms with Crippen LogP contribution < -0.4 is 5.32 Å². The molecule has 0 aromatic rings. The maximum Gasteiger partial charge on any atom is 0.00694 e. The van der Waals surface area contributed by atoms with Crippen molar-refractivity contribution in [1.29, 1.82) is 0 Å². The van der Waals surface area contributed by atoms with Gasteiger partial charge in [0.15, 0.2) is 0 Å². The van der Waals surface area contributed by atoms with E-state index in [-0.39, 0.29) is 0 Å². The highest BCUT2D eigenvalue weighted by Gasteiger charge is 2.24. The molecule has 1 aliphatic rings. The molecular weight excluding hydrogens is 158 g/mol. The maximum absolute atomic E-state index is 3.71. The summed E-state index contributed by atoms with van der Waals surface area (Å²) in [6.07, 6.45) is 5.65. The first-order chi connectivity index (χ1) is 6.09. The van der Waals surface area contributed by atoms with Crippen LogP contribution in [0.1, 0.15) is 53.4 Å². The van der Waals surface area contributed by atoms with E-state index in [2.05, 4.69) is 33.0 Å². The van der Waals surface area contributed by atoms with Gasteiger partial charge in [-0.05, 0) is 44.9 Å². The second kappa shape index (κ2) is 4.99. The van der Waals surface area contributed by atoms with Crippen LogP contribution >= 0.6 is 0 Å². The molecule has 0 amide bonds. The largest absolute Gasteiger partial charge is 0.311 e. The molecule has 0 aromatic carbocycles. The Hall–Kier alpha value is -0.0400. The summed E-state index contributed by atoms with van der Waals surface area (Å²) in [6, 6.07) is 1.43. The monoisotopic (exact) mass is 183 g/mol. The van der Waals surface area contributed by atoms with Crippen molar-refractivity contribution >= 4 is 0 Å². The van der Waals surface area contributed by atoms with Crippen LogP contribution in [-0.4, -0.2) is 12.1 Å². The van der Waals surface area contributed by atoms with E-state index in [1.54, 1.807) is 0 Å². The molecule has 78 valence electrons. The van der Waals surface area contributed by atoms with Crippen molar-refractivity contribution in [2.24, 2.45) is 11.8 Å². The first-order valence-corrected chi connectivity index (χ1v) is 5.85. The van der Waals surface area contributed by atoms with E-state index in [1.807, 2.05) is 0 Å². The molecule has 0 aliphatic heterocycles. The summed E-state index contributed by atoms with van der Waals surface area (Å²) in [7, 11) is 0. The van der Waals surface area contributed by atoms with E-state index in [0.29, 0.717) is 6.04 Å². The van der Waals surface area contributed by atoms with E-state index in [0.717, 1.165) is 17.9 Å². The van der Waals surface area contributed by atoms with Gasteiger partial charge in [-0.1, -0.05) is 20.3 Å². The standard InChI is InChI=1S/C12H25N/c1-9(2)8-10(3)13-11(4)12-6-5-7-12/h9-13H,5-8H2,1-4H3. The molecule has 13 heavy (non-hydrogen) atoms. The van der Waals surface area contributed by atoms with E-state index in [9.17, 15) is 0 Å². The molecule has 2 atom stereocenters. The van der Waals surface area contributed by atoms with Gasteiger partial charge >= 0.3 is 0 Å². The molecule has 1 fully saturated rings. The topological polar surface area (TPSA) is 12.0 Å². The fourth-order valence-electron chi connectivity index (χ4n) is 2.30. The van der Waals surface area contributed by atoms with Crippen molar-refractivity contribution < 1.29 is 0 Å². The zero-order valence-corrected chi connectivity index (χ0v) is 9.64. The third-order valence-electron chi connectivity index (χ3n) is 3.23. The van der Waals surface area contributed by atoms with Gasteiger partial charge < -0.3 is 5.32 Å². The molecule has 1 saturated carbocycles. The quantitative estimate of drug-likeness (QED) is 0.690. The minimum atomic E-state index is 0.690. The number of nitrogens with one attached hydrogen (secondary N) is 1. The van der Waals surface area contributed by atoms with Crippen LogP contribution in [0.4, 0.5) is 0 Å². The summed E-state index contributed by atoms with van der Waals surface area (Å²) in [5.74, 6) is 1.78. The Morgan fingerprint density at radius 3 is 2.15 bits per heavy atom. The average molecular weight is 183 g/mol. The molecule has 2 unspecified atom stereocenters. The highest BCUT2D eigenvalue weighted by Crippen LogP contribution is 2.29. The summed E-state index contributed by atoms with van der Waals surface area (Å²) in [6.45, 7) is 9.26. The maximum atomic E-state index is 3.71. The third kappa shape index (κ3) is 3.68. The summed E-state index contributed by atoms with van der Waals surface area (Å²) < 4.78 is 0. The lowest BCUT2D eigenvalue weighted by Gasteiger charge is -2.34. The van der Waals surface area contributed by atoms with Gasteiger partial charge in [0.25, 0.3) is 0 Å². The Morgan fingerprint density at radius 1 is 1.15 bits per heavy atom. The predicted octanol–water partition coefficient (Wildman–Crippen LogP) is 3.20. The smallest absolute Gasteiger partial charge is 0.00694 e. The normalized spacial score (nSPS) is 22.8. The highest BCUT2D eigenvalue weighted by molar-refractivity contribution is 4.81. The van der Waals surface area contributed by atoms with Crippen LogP contribution in [0.15, 0.2) is 0 Å². The van der Waals surface area contributed by atoms with E-state index >= 15 is 0 Å². The lowest BCUT2D eigenvalue weighted by Crippen LogP contribution is -2.42. The average Bonchev–Trinajstić information content (AvgIpc) is 1.78. The lowest BCUT2D eigenvalue weighted by atomic mass is 9.80. The Kier molecular flexibility index (Phi) is 4.24. The van der Waals surface area contributed by atoms with E-state index in [4.69, 9.17) is 0 Å². The Balaban J connectivity index is 2.14. The van der Waals surface area contributed by atoms with Gasteiger partial charge in [0.05, 0.1) is 0 Å². The van der Waals surface area contributed by atoms with Crippen LogP contribution in [0.3, 0.4) is 0 Å². The molecule has 0 aromatic heterocycles. The molecule has 1 nitrogen and oxygen atoms in total. The molecule has 1 aliphatic carbocycles. The van der Waals surface area contributed by atoms with Gasteiger partial charge in [0.2, 0.25) is 0 Å². The van der Waals surface area contributed by atoms with Crippen molar-refractivity contribution in [1.82, 2.24) is 5.32 Å². The molecule has 0 saturated heterocycles. The second-order valence-electron chi connectivity index (χ2n) is 5.18. The molecular formula is C12H25N. The SMILES string of the molecule is CC(C)CC(C)NC(C)C1CCC1. The van der Waals surface area contributed by atoms with Crippen LogP contribution in [0.2, 0.25) is 0 Å². The van der Waals surface area contributed by atoms with Gasteiger partial charge in [-0.15, -0.1) is 0 Å². The molecule has 0 heterocycles. The zero-order chi connectivity index (χ0) is 9.84. The van der Waals surface area contributed by atoms with Crippen LogP contribution in [0.5, 0.6) is 0 Å². The summed E-state index contributed by atoms with van der Waals surface area (Å²) in [4.78, 5) is 0. The summed E-state index contributed by atoms with van der Waals surface area (Å²) >= 11 is 0. The van der Waals surface area contributed by atoms with Gasteiger partial charge in [0.1, 0.15) is 0 Å². The predicted molar refractivity (Wildman–Crippen MR) is 58.9 cm³/mol. The summed E-state index contributed by atoms with van der Waals surface area (Å²) in [5.41, 5.74) is 0. The van der Waals surface area contributed by atoms with Gasteiger partial charge in [0, 0.05) is 12.1 Å². The Bertz CT molecular complexity index is 138. The second-order valence-corrected chi connectivity index (χ2v) is 5.18. The minimum Gasteiger partial charge on any atom is -0.311 e. The number of hydrogen-bond donors (Lipinski definition) is 1. The lowest BCUT2D eigenvalue weighted by molar-refractivity contribution is 0.223. The molecule has 0 bridgehead atoms. The molecule has 1 heteroatoms. The van der Waals surface area contributed by atoms with Crippen molar-refractivity contribution in [2.45, 2.75) is 65.5 Å². The molecule has 1 rings (SSSR count). The molecule has 1 N–H and O–H groups in total. The Morgan fingerprint density at radius 2 is 1.77 bits per heavy atom. The zero-order valence-electron chi connectivity index (χ0n) is 9.64. The highest BCUT2D eigenvalue weighted by atomic mass is 14.9. The van der Waals surface area contributed by atoms with Crippen molar-refractivity contribution in [3.63, 3.8) is 0 Å². The fourth-order valence-corrected chi connectivity index (χ4v) is 2.30. The van der Waals surface area contributed by atoms with Crippen LogP contribution in [-0.2, 0) is 0 Å². The van der Waals surface area contributed by atoms with Gasteiger partial charge in [-0.3, -0.25) is 0 Å². The van der Waals surface area contributed by atoms with Crippen molar-refractivity contribution in [3.05, 3.63) is 0 Å². The minimum absolute atomic E-state index is 0.690. The van der Waals surface area contributed by atoms with Crippen LogP contribution in [0.25, 0.3) is 0 Å². The van der Waals surface area contributed by atoms with Crippen LogP contribution in [0, 0.1) is 11.8 Å².